The Kier molecular flexibility index (Phi) is 4.63. The lowest BCUT2D eigenvalue weighted by molar-refractivity contribution is 0.0524. The number of hydrogen-bond acceptors (Lipinski definition) is 3. The van der Waals surface area contributed by atoms with Crippen molar-refractivity contribution in [3.63, 3.8) is 0 Å². The Hall–Kier alpha value is -1.88. The van der Waals surface area contributed by atoms with E-state index in [4.69, 9.17) is 16.3 Å². The Labute approximate surface area is 127 Å². The van der Waals surface area contributed by atoms with E-state index in [2.05, 4.69) is 5.10 Å². The fourth-order valence-electron chi connectivity index (χ4n) is 2.15. The van der Waals surface area contributed by atoms with Crippen LogP contribution in [0.25, 0.3) is 5.69 Å². The molecule has 0 fully saturated rings. The molecule has 0 aliphatic heterocycles. The van der Waals surface area contributed by atoms with Gasteiger partial charge in [-0.05, 0) is 25.0 Å². The van der Waals surface area contributed by atoms with E-state index in [0.717, 1.165) is 0 Å². The predicted molar refractivity (Wildman–Crippen MR) is 78.6 cm³/mol. The van der Waals surface area contributed by atoms with Gasteiger partial charge in [-0.2, -0.15) is 5.10 Å². The van der Waals surface area contributed by atoms with E-state index in [1.807, 2.05) is 13.8 Å². The fourth-order valence-corrected chi connectivity index (χ4v) is 2.39. The number of aromatic nitrogens is 2. The van der Waals surface area contributed by atoms with Crippen LogP contribution in [-0.2, 0) is 4.74 Å². The van der Waals surface area contributed by atoms with E-state index >= 15 is 0 Å². The minimum Gasteiger partial charge on any atom is -0.462 e. The van der Waals surface area contributed by atoms with Crippen LogP contribution in [0.3, 0.4) is 0 Å². The third-order valence-electron chi connectivity index (χ3n) is 3.00. The molecule has 1 heterocycles. The highest BCUT2D eigenvalue weighted by atomic mass is 35.5. The summed E-state index contributed by atoms with van der Waals surface area (Å²) in [6.07, 6.45) is 1.39. The minimum absolute atomic E-state index is 0.0532. The van der Waals surface area contributed by atoms with Crippen LogP contribution < -0.4 is 0 Å². The van der Waals surface area contributed by atoms with E-state index < -0.39 is 11.8 Å². The molecule has 0 saturated heterocycles. The number of rotatable bonds is 4. The second-order valence-electron chi connectivity index (χ2n) is 4.80. The number of para-hydroxylation sites is 1. The summed E-state index contributed by atoms with van der Waals surface area (Å²) in [7, 11) is 0. The molecule has 0 N–H and O–H groups in total. The number of carbonyl (C=O) groups excluding carboxylic acids is 1. The first kappa shape index (κ1) is 15.5. The van der Waals surface area contributed by atoms with Crippen LogP contribution in [0, 0.1) is 5.82 Å². The molecule has 0 aliphatic carbocycles. The van der Waals surface area contributed by atoms with Crippen molar-refractivity contribution in [1.82, 2.24) is 9.78 Å². The largest absolute Gasteiger partial charge is 0.462 e. The van der Waals surface area contributed by atoms with Crippen molar-refractivity contribution < 1.29 is 13.9 Å². The van der Waals surface area contributed by atoms with Gasteiger partial charge in [0, 0.05) is 0 Å². The van der Waals surface area contributed by atoms with Gasteiger partial charge in [-0.15, -0.1) is 0 Å². The number of esters is 1. The summed E-state index contributed by atoms with van der Waals surface area (Å²) in [4.78, 5) is 12.0. The molecule has 0 bridgehead atoms. The van der Waals surface area contributed by atoms with Crippen molar-refractivity contribution in [3.05, 3.63) is 46.5 Å². The Bertz CT molecular complexity index is 647. The first-order chi connectivity index (χ1) is 9.97. The molecule has 1 aromatic carbocycles. The number of benzene rings is 1. The quantitative estimate of drug-likeness (QED) is 0.803. The molecule has 21 heavy (non-hydrogen) atoms. The topological polar surface area (TPSA) is 44.1 Å². The Morgan fingerprint density at radius 2 is 2.19 bits per heavy atom. The van der Waals surface area contributed by atoms with E-state index in [1.165, 1.54) is 23.0 Å². The molecule has 0 radical (unpaired) electrons. The van der Waals surface area contributed by atoms with Gasteiger partial charge in [0.25, 0.3) is 0 Å². The molecule has 1 aromatic heterocycles. The van der Waals surface area contributed by atoms with Crippen LogP contribution in [0.15, 0.2) is 24.4 Å². The van der Waals surface area contributed by atoms with Crippen LogP contribution in [0.5, 0.6) is 0 Å². The summed E-state index contributed by atoms with van der Waals surface area (Å²) < 4.78 is 20.5. The van der Waals surface area contributed by atoms with Crippen molar-refractivity contribution in [1.29, 1.82) is 0 Å². The second kappa shape index (κ2) is 6.26. The molecule has 112 valence electrons. The molecule has 0 spiro atoms. The summed E-state index contributed by atoms with van der Waals surface area (Å²) in [5, 5.41) is 4.36. The van der Waals surface area contributed by atoms with E-state index in [0.29, 0.717) is 11.3 Å². The second-order valence-corrected chi connectivity index (χ2v) is 5.21. The van der Waals surface area contributed by atoms with Gasteiger partial charge in [0.2, 0.25) is 0 Å². The maximum Gasteiger partial charge on any atom is 0.341 e. The molecule has 0 saturated carbocycles. The van der Waals surface area contributed by atoms with Gasteiger partial charge in [0.15, 0.2) is 0 Å². The maximum atomic E-state index is 14.1. The van der Waals surface area contributed by atoms with Crippen LogP contribution in [-0.4, -0.2) is 22.4 Å². The molecular formula is C15H16ClFN2O2. The maximum absolute atomic E-state index is 14.1. The molecule has 0 unspecified atom stereocenters. The highest BCUT2D eigenvalue weighted by Gasteiger charge is 2.24. The predicted octanol–water partition coefficient (Wildman–Crippen LogP) is 3.96. The van der Waals surface area contributed by atoms with Crippen LogP contribution >= 0.6 is 11.6 Å². The third-order valence-corrected chi connectivity index (χ3v) is 3.30. The smallest absolute Gasteiger partial charge is 0.341 e. The average Bonchev–Trinajstić information content (AvgIpc) is 2.83. The normalized spacial score (nSPS) is 11.0. The van der Waals surface area contributed by atoms with Gasteiger partial charge in [-0.3, -0.25) is 0 Å². The number of carbonyl (C=O) groups is 1. The highest BCUT2D eigenvalue weighted by molar-refractivity contribution is 6.32. The SMILES string of the molecule is CCOC(=O)c1cnn(-c2c(F)cccc2Cl)c1C(C)C. The van der Waals surface area contributed by atoms with Crippen LogP contribution in [0.4, 0.5) is 4.39 Å². The molecule has 6 heteroatoms. The summed E-state index contributed by atoms with van der Waals surface area (Å²) in [5.74, 6) is -1.02. The molecule has 0 atom stereocenters. The summed E-state index contributed by atoms with van der Waals surface area (Å²) in [6, 6.07) is 4.40. The first-order valence-electron chi connectivity index (χ1n) is 6.66. The van der Waals surface area contributed by atoms with Crippen molar-refractivity contribution >= 4 is 17.6 Å². The van der Waals surface area contributed by atoms with E-state index in [1.54, 1.807) is 13.0 Å². The number of nitrogens with zero attached hydrogens (tertiary/aromatic N) is 2. The van der Waals surface area contributed by atoms with Gasteiger partial charge in [-0.1, -0.05) is 31.5 Å². The van der Waals surface area contributed by atoms with Crippen molar-refractivity contribution in [3.8, 4) is 5.69 Å². The first-order valence-corrected chi connectivity index (χ1v) is 7.04. The fraction of sp³-hybridized carbons (Fsp3) is 0.333. The lowest BCUT2D eigenvalue weighted by atomic mass is 10.1. The Morgan fingerprint density at radius 3 is 2.76 bits per heavy atom. The number of ether oxygens (including phenoxy) is 1. The molecular weight excluding hydrogens is 295 g/mol. The summed E-state index contributed by atoms with van der Waals surface area (Å²) >= 11 is 6.07. The molecule has 2 rings (SSSR count). The van der Waals surface area contributed by atoms with Gasteiger partial charge in [0.1, 0.15) is 17.1 Å². The molecule has 2 aromatic rings. The highest BCUT2D eigenvalue weighted by Crippen LogP contribution is 2.29. The van der Waals surface area contributed by atoms with Crippen molar-refractivity contribution in [2.45, 2.75) is 26.7 Å². The Balaban J connectivity index is 2.63. The molecule has 0 aliphatic rings. The van der Waals surface area contributed by atoms with Crippen LogP contribution in [0.1, 0.15) is 42.7 Å². The Morgan fingerprint density at radius 1 is 1.48 bits per heavy atom. The zero-order valence-electron chi connectivity index (χ0n) is 12.1. The zero-order chi connectivity index (χ0) is 15.6. The molecule has 0 amide bonds. The van der Waals surface area contributed by atoms with Gasteiger partial charge >= 0.3 is 5.97 Å². The van der Waals surface area contributed by atoms with Gasteiger partial charge in [0.05, 0.1) is 23.5 Å². The van der Waals surface area contributed by atoms with E-state index in [-0.39, 0.29) is 23.2 Å². The third kappa shape index (κ3) is 2.93. The number of halogens is 2. The van der Waals surface area contributed by atoms with Crippen molar-refractivity contribution in [2.24, 2.45) is 0 Å². The zero-order valence-corrected chi connectivity index (χ0v) is 12.8. The number of hydrogen-bond donors (Lipinski definition) is 0. The average molecular weight is 311 g/mol. The van der Waals surface area contributed by atoms with Gasteiger partial charge in [-0.25, -0.2) is 13.9 Å². The van der Waals surface area contributed by atoms with E-state index in [9.17, 15) is 9.18 Å². The van der Waals surface area contributed by atoms with Gasteiger partial charge < -0.3 is 4.74 Å². The lowest BCUT2D eigenvalue weighted by Gasteiger charge is -2.14. The van der Waals surface area contributed by atoms with Crippen molar-refractivity contribution in [2.75, 3.05) is 6.61 Å². The van der Waals surface area contributed by atoms with Crippen LogP contribution in [0.2, 0.25) is 5.02 Å². The minimum atomic E-state index is -0.497. The standard InChI is InChI=1S/C15H16ClFN2O2/c1-4-21-15(20)10-8-18-19(13(10)9(2)3)14-11(16)6-5-7-12(14)17/h5-9H,4H2,1-3H3. The lowest BCUT2D eigenvalue weighted by Crippen LogP contribution is -2.12. The monoisotopic (exact) mass is 310 g/mol. The summed E-state index contributed by atoms with van der Waals surface area (Å²) in [6.45, 7) is 5.78. The molecule has 4 nitrogen and oxygen atoms in total. The summed E-state index contributed by atoms with van der Waals surface area (Å²) in [5.41, 5.74) is 1.03.